The van der Waals surface area contributed by atoms with E-state index < -0.39 is 0 Å². The highest BCUT2D eigenvalue weighted by Crippen LogP contribution is 2.48. The molecular formula is C29H52N4. The minimum Gasteiger partial charge on any atom is -0.360 e. The van der Waals surface area contributed by atoms with Crippen LogP contribution in [-0.4, -0.2) is 25.9 Å². The Morgan fingerprint density at radius 1 is 0.758 bits per heavy atom. The van der Waals surface area contributed by atoms with Crippen molar-refractivity contribution in [2.45, 2.75) is 127 Å². The number of nitrogens with zero attached hydrogens (tertiary/aromatic N) is 4. The molecule has 33 heavy (non-hydrogen) atoms. The summed E-state index contributed by atoms with van der Waals surface area (Å²) in [6.45, 7) is 35.2. The van der Waals surface area contributed by atoms with Crippen molar-refractivity contribution >= 4 is 11.3 Å². The van der Waals surface area contributed by atoms with Crippen LogP contribution in [0.1, 0.15) is 116 Å². The highest BCUT2D eigenvalue weighted by molar-refractivity contribution is 5.52. The van der Waals surface area contributed by atoms with E-state index in [1.807, 2.05) is 6.20 Å². The highest BCUT2D eigenvalue weighted by atomic mass is 15.3. The van der Waals surface area contributed by atoms with Crippen LogP contribution < -0.4 is 4.90 Å². The van der Waals surface area contributed by atoms with Crippen molar-refractivity contribution in [3.05, 3.63) is 24.4 Å². The minimum absolute atomic E-state index is 0.0527. The average molecular weight is 457 g/mol. The van der Waals surface area contributed by atoms with Crippen LogP contribution in [0.5, 0.6) is 0 Å². The van der Waals surface area contributed by atoms with Gasteiger partial charge in [0.05, 0.1) is 18.1 Å². The maximum absolute atomic E-state index is 4.87. The third-order valence-corrected chi connectivity index (χ3v) is 6.53. The van der Waals surface area contributed by atoms with Crippen molar-refractivity contribution in [2.75, 3.05) is 4.90 Å². The number of imidazole rings is 1. The standard InChI is InChI=1S/C29H52N4/c1-25(2,3)16-21(26(4,5)6)23(27(7,8)9)33(29(13,14)15)20-17-30-22-18-31-24(28(10,11)12)32(22)19-20/h17-19,21,23H,16H2,1-15H3. The lowest BCUT2D eigenvalue weighted by atomic mass is 9.62. The molecule has 2 heterocycles. The lowest BCUT2D eigenvalue weighted by molar-refractivity contribution is 0.0725. The topological polar surface area (TPSA) is 33.4 Å². The molecule has 0 radical (unpaired) electrons. The van der Waals surface area contributed by atoms with Crippen LogP contribution in [-0.2, 0) is 5.41 Å². The van der Waals surface area contributed by atoms with E-state index in [-0.39, 0.29) is 27.2 Å². The van der Waals surface area contributed by atoms with Crippen LogP contribution in [0.3, 0.4) is 0 Å². The summed E-state index contributed by atoms with van der Waals surface area (Å²) in [5.74, 6) is 1.55. The predicted molar refractivity (Wildman–Crippen MR) is 144 cm³/mol. The summed E-state index contributed by atoms with van der Waals surface area (Å²) in [6.07, 6.45) is 7.39. The molecule has 0 spiro atoms. The van der Waals surface area contributed by atoms with E-state index in [1.165, 1.54) is 12.1 Å². The van der Waals surface area contributed by atoms with Crippen molar-refractivity contribution in [1.82, 2.24) is 14.4 Å². The Labute approximate surface area is 204 Å². The zero-order valence-corrected chi connectivity index (χ0v) is 24.4. The van der Waals surface area contributed by atoms with Gasteiger partial charge in [0.25, 0.3) is 0 Å². The first kappa shape index (κ1) is 27.7. The lowest BCUT2D eigenvalue weighted by Gasteiger charge is -2.55. The second kappa shape index (κ2) is 8.57. The average Bonchev–Trinajstić information content (AvgIpc) is 2.97. The molecule has 4 heteroatoms. The third-order valence-electron chi connectivity index (χ3n) is 6.53. The number of hydrogen-bond donors (Lipinski definition) is 0. The van der Waals surface area contributed by atoms with Gasteiger partial charge in [0.15, 0.2) is 5.65 Å². The lowest BCUT2D eigenvalue weighted by Crippen LogP contribution is -2.59. The molecule has 0 aliphatic carbocycles. The Morgan fingerprint density at radius 2 is 1.30 bits per heavy atom. The summed E-state index contributed by atoms with van der Waals surface area (Å²) in [4.78, 5) is 12.3. The first-order valence-corrected chi connectivity index (χ1v) is 12.7. The molecule has 0 saturated heterocycles. The van der Waals surface area contributed by atoms with Gasteiger partial charge in [0.1, 0.15) is 5.82 Å². The maximum Gasteiger partial charge on any atom is 0.156 e. The molecule has 2 aromatic rings. The van der Waals surface area contributed by atoms with Crippen LogP contribution in [0.25, 0.3) is 5.65 Å². The molecule has 0 amide bonds. The molecule has 0 aliphatic rings. The van der Waals surface area contributed by atoms with E-state index in [4.69, 9.17) is 9.97 Å². The van der Waals surface area contributed by atoms with E-state index in [9.17, 15) is 0 Å². The Bertz CT molecular complexity index is 934. The van der Waals surface area contributed by atoms with Crippen LogP contribution in [0.4, 0.5) is 5.69 Å². The summed E-state index contributed by atoms with van der Waals surface area (Å²) in [5, 5.41) is 0. The summed E-state index contributed by atoms with van der Waals surface area (Å²) in [7, 11) is 0. The number of rotatable bonds is 4. The van der Waals surface area contributed by atoms with Crippen molar-refractivity contribution in [3.8, 4) is 0 Å². The normalized spacial score (nSPS) is 16.2. The van der Waals surface area contributed by atoms with Gasteiger partial charge in [-0.05, 0) is 49.4 Å². The van der Waals surface area contributed by atoms with Crippen molar-refractivity contribution in [1.29, 1.82) is 0 Å². The smallest absolute Gasteiger partial charge is 0.156 e. The highest BCUT2D eigenvalue weighted by Gasteiger charge is 2.46. The fourth-order valence-electron chi connectivity index (χ4n) is 5.24. The number of fused-ring (bicyclic) bond motifs is 1. The fraction of sp³-hybridized carbons (Fsp3) is 0.793. The monoisotopic (exact) mass is 456 g/mol. The number of aromatic nitrogens is 3. The second-order valence-electron chi connectivity index (χ2n) is 15.5. The predicted octanol–water partition coefficient (Wildman–Crippen LogP) is 8.14. The summed E-state index contributed by atoms with van der Waals surface area (Å²) in [5.41, 5.74) is 2.44. The van der Waals surface area contributed by atoms with Gasteiger partial charge in [0, 0.05) is 23.2 Å². The SMILES string of the molecule is CC(C)(C)CC(C(N(c1cnc2cnc(C(C)(C)C)n2c1)C(C)(C)C)C(C)(C)C)C(C)(C)C. The molecule has 0 N–H and O–H groups in total. The number of hydrogen-bond acceptors (Lipinski definition) is 3. The zero-order valence-electron chi connectivity index (χ0n) is 24.4. The van der Waals surface area contributed by atoms with Gasteiger partial charge < -0.3 is 4.90 Å². The van der Waals surface area contributed by atoms with Crippen LogP contribution >= 0.6 is 0 Å². The van der Waals surface area contributed by atoms with Gasteiger partial charge in [-0.1, -0.05) is 83.1 Å². The fourth-order valence-corrected chi connectivity index (χ4v) is 5.24. The minimum atomic E-state index is -0.0723. The molecule has 0 fully saturated rings. The van der Waals surface area contributed by atoms with Crippen LogP contribution in [0.2, 0.25) is 0 Å². The van der Waals surface area contributed by atoms with Gasteiger partial charge in [-0.2, -0.15) is 0 Å². The summed E-state index contributed by atoms with van der Waals surface area (Å²) >= 11 is 0. The molecule has 2 aromatic heterocycles. The first-order valence-electron chi connectivity index (χ1n) is 12.7. The molecule has 2 unspecified atom stereocenters. The van der Waals surface area contributed by atoms with Gasteiger partial charge in [-0.15, -0.1) is 0 Å². The molecular weight excluding hydrogens is 404 g/mol. The van der Waals surface area contributed by atoms with Crippen LogP contribution in [0.15, 0.2) is 18.6 Å². The van der Waals surface area contributed by atoms with E-state index in [0.717, 1.165) is 11.5 Å². The molecule has 4 nitrogen and oxygen atoms in total. The third kappa shape index (κ3) is 6.51. The van der Waals surface area contributed by atoms with Gasteiger partial charge in [0.2, 0.25) is 0 Å². The quantitative estimate of drug-likeness (QED) is 0.465. The van der Waals surface area contributed by atoms with E-state index in [0.29, 0.717) is 12.0 Å². The van der Waals surface area contributed by atoms with Crippen molar-refractivity contribution in [2.24, 2.45) is 22.2 Å². The molecule has 2 atom stereocenters. The van der Waals surface area contributed by atoms with E-state index in [1.54, 1.807) is 0 Å². The van der Waals surface area contributed by atoms with E-state index in [2.05, 4.69) is 126 Å². The largest absolute Gasteiger partial charge is 0.360 e. The Balaban J connectivity index is 2.82. The Hall–Kier alpha value is -1.58. The summed E-state index contributed by atoms with van der Waals surface area (Å²) in [6, 6.07) is 0.331. The van der Waals surface area contributed by atoms with Crippen molar-refractivity contribution < 1.29 is 0 Å². The molecule has 0 aromatic carbocycles. The van der Waals surface area contributed by atoms with Crippen molar-refractivity contribution in [3.63, 3.8) is 0 Å². The van der Waals surface area contributed by atoms with Gasteiger partial charge in [-0.3, -0.25) is 4.40 Å². The zero-order chi connectivity index (χ0) is 25.8. The first-order chi connectivity index (χ1) is 14.5. The maximum atomic E-state index is 4.87. The number of anilines is 1. The summed E-state index contributed by atoms with van der Waals surface area (Å²) < 4.78 is 2.20. The molecule has 0 bridgehead atoms. The van der Waals surface area contributed by atoms with Gasteiger partial charge >= 0.3 is 0 Å². The van der Waals surface area contributed by atoms with Gasteiger partial charge in [-0.25, -0.2) is 9.97 Å². The van der Waals surface area contributed by atoms with E-state index >= 15 is 0 Å². The Kier molecular flexibility index (Phi) is 7.19. The molecule has 188 valence electrons. The molecule has 0 aliphatic heterocycles. The molecule has 0 saturated carbocycles. The molecule has 2 rings (SSSR count). The van der Waals surface area contributed by atoms with Crippen LogP contribution in [0, 0.1) is 22.2 Å². The second-order valence-corrected chi connectivity index (χ2v) is 15.5. The Morgan fingerprint density at radius 3 is 1.70 bits per heavy atom.